The summed E-state index contributed by atoms with van der Waals surface area (Å²) in [5.74, 6) is 6.48. The normalized spacial score (nSPS) is 10.3. The van der Waals surface area contributed by atoms with Crippen LogP contribution in [0.25, 0.3) is 0 Å². The van der Waals surface area contributed by atoms with E-state index in [4.69, 9.17) is 11.6 Å². The van der Waals surface area contributed by atoms with E-state index < -0.39 is 0 Å². The van der Waals surface area contributed by atoms with Crippen LogP contribution in [0.2, 0.25) is 5.15 Å². The van der Waals surface area contributed by atoms with E-state index in [-0.39, 0.29) is 16.5 Å². The number of halogens is 1. The molecule has 0 aliphatic rings. The van der Waals surface area contributed by atoms with Crippen molar-refractivity contribution in [3.05, 3.63) is 123 Å². The minimum atomic E-state index is -0.239. The molecule has 0 spiro atoms. The van der Waals surface area contributed by atoms with Crippen LogP contribution in [0.15, 0.2) is 89.7 Å². The van der Waals surface area contributed by atoms with Crippen molar-refractivity contribution in [3.8, 4) is 11.8 Å². The van der Waals surface area contributed by atoms with Crippen molar-refractivity contribution in [2.75, 3.05) is 5.32 Å². The number of nitrogens with zero attached hydrogens (tertiary/aromatic N) is 2. The minimum Gasteiger partial charge on any atom is -0.335 e. The van der Waals surface area contributed by atoms with Crippen LogP contribution in [0, 0.1) is 18.8 Å². The molecule has 4 nitrogen and oxygen atoms in total. The molecule has 0 saturated heterocycles. The Morgan fingerprint density at radius 3 is 2.29 bits per heavy atom. The van der Waals surface area contributed by atoms with Gasteiger partial charge in [0.15, 0.2) is 11.0 Å². The average Bonchev–Trinajstić information content (AvgIpc) is 2.81. The van der Waals surface area contributed by atoms with Crippen LogP contribution < -0.4 is 10.9 Å². The summed E-state index contributed by atoms with van der Waals surface area (Å²) in [4.78, 5) is 17.5. The quantitative estimate of drug-likeness (QED) is 0.445. The molecule has 0 radical (unpaired) electrons. The molecular weight excluding hydrogens is 406 g/mol. The van der Waals surface area contributed by atoms with Crippen LogP contribution in [0.1, 0.15) is 22.4 Å². The monoisotopic (exact) mass is 425 g/mol. The fourth-order valence-corrected chi connectivity index (χ4v) is 3.33. The molecule has 0 aliphatic heterocycles. The lowest BCUT2D eigenvalue weighted by Gasteiger charge is -2.14. The van der Waals surface area contributed by atoms with Gasteiger partial charge in [0.2, 0.25) is 0 Å². The second-order valence-electron chi connectivity index (χ2n) is 7.00. The Bertz CT molecular complexity index is 1320. The summed E-state index contributed by atoms with van der Waals surface area (Å²) in [6, 6.07) is 27.1. The molecule has 0 saturated carbocycles. The van der Waals surface area contributed by atoms with Crippen LogP contribution in [0.5, 0.6) is 0 Å². The second-order valence-corrected chi connectivity index (χ2v) is 7.36. The predicted molar refractivity (Wildman–Crippen MR) is 126 cm³/mol. The van der Waals surface area contributed by atoms with E-state index in [0.29, 0.717) is 17.9 Å². The maximum Gasteiger partial charge on any atom is 0.294 e. The van der Waals surface area contributed by atoms with Gasteiger partial charge in [-0.15, -0.1) is 0 Å². The smallest absolute Gasteiger partial charge is 0.294 e. The number of benzene rings is 3. The molecule has 3 aromatic carbocycles. The molecule has 0 fully saturated rings. The first-order valence-corrected chi connectivity index (χ1v) is 10.2. The van der Waals surface area contributed by atoms with Crippen molar-refractivity contribution in [2.24, 2.45) is 0 Å². The topological polar surface area (TPSA) is 46.9 Å². The summed E-state index contributed by atoms with van der Waals surface area (Å²) < 4.78 is 1.63. The van der Waals surface area contributed by atoms with E-state index in [2.05, 4.69) is 22.1 Å². The highest BCUT2D eigenvalue weighted by molar-refractivity contribution is 6.30. The number of hydrogen-bond donors (Lipinski definition) is 1. The maximum absolute atomic E-state index is 13.2. The summed E-state index contributed by atoms with van der Waals surface area (Å²) in [6.45, 7) is 2.21. The molecule has 4 rings (SSSR count). The molecule has 0 atom stereocenters. The van der Waals surface area contributed by atoms with Gasteiger partial charge in [-0.3, -0.25) is 4.79 Å². The van der Waals surface area contributed by atoms with E-state index in [0.717, 1.165) is 16.7 Å². The highest BCUT2D eigenvalue weighted by atomic mass is 35.5. The van der Waals surface area contributed by atoms with E-state index in [1.165, 1.54) is 0 Å². The summed E-state index contributed by atoms with van der Waals surface area (Å²) >= 11 is 6.37. The number of rotatable bonds is 4. The van der Waals surface area contributed by atoms with Gasteiger partial charge >= 0.3 is 0 Å². The van der Waals surface area contributed by atoms with Gasteiger partial charge < -0.3 is 9.88 Å². The third kappa shape index (κ3) is 4.85. The van der Waals surface area contributed by atoms with Crippen molar-refractivity contribution in [1.82, 2.24) is 9.55 Å². The lowest BCUT2D eigenvalue weighted by atomic mass is 10.1. The van der Waals surface area contributed by atoms with Crippen LogP contribution in [-0.2, 0) is 6.54 Å². The fourth-order valence-electron chi connectivity index (χ4n) is 3.15. The molecule has 31 heavy (non-hydrogen) atoms. The standard InChI is InChI=1S/C26H20ClN3O/c1-19-24(27)29-25(26(31)30(19)18-21-12-6-3-7-13-21)28-23-15-9-8-14-22(23)17-16-20-10-4-2-5-11-20/h2-15H,18H2,1H3,(H,28,29). The van der Waals surface area contributed by atoms with Gasteiger partial charge in [0.1, 0.15) is 0 Å². The Kier molecular flexibility index (Phi) is 6.16. The van der Waals surface area contributed by atoms with Crippen LogP contribution in [-0.4, -0.2) is 9.55 Å². The molecule has 0 amide bonds. The van der Waals surface area contributed by atoms with Gasteiger partial charge in [-0.05, 0) is 36.8 Å². The molecule has 152 valence electrons. The zero-order valence-electron chi connectivity index (χ0n) is 17.0. The molecule has 1 N–H and O–H groups in total. The first-order chi connectivity index (χ1) is 15.1. The molecule has 5 heteroatoms. The van der Waals surface area contributed by atoms with E-state index >= 15 is 0 Å². The van der Waals surface area contributed by atoms with Crippen LogP contribution >= 0.6 is 11.6 Å². The molecule has 1 aromatic heterocycles. The number of anilines is 2. The van der Waals surface area contributed by atoms with E-state index in [1.807, 2.05) is 84.9 Å². The minimum absolute atomic E-state index is 0.167. The van der Waals surface area contributed by atoms with Crippen molar-refractivity contribution in [2.45, 2.75) is 13.5 Å². The fraction of sp³-hybridized carbons (Fsp3) is 0.0769. The van der Waals surface area contributed by atoms with Crippen LogP contribution in [0.3, 0.4) is 0 Å². The van der Waals surface area contributed by atoms with Crippen molar-refractivity contribution in [3.63, 3.8) is 0 Å². The molecule has 0 bridgehead atoms. The number of para-hydroxylation sites is 1. The Morgan fingerprint density at radius 1 is 0.903 bits per heavy atom. The lowest BCUT2D eigenvalue weighted by Crippen LogP contribution is -2.27. The molecule has 1 heterocycles. The van der Waals surface area contributed by atoms with E-state index in [1.54, 1.807) is 11.5 Å². The molecule has 0 unspecified atom stereocenters. The van der Waals surface area contributed by atoms with Gasteiger partial charge in [-0.2, -0.15) is 0 Å². The van der Waals surface area contributed by atoms with Crippen molar-refractivity contribution in [1.29, 1.82) is 0 Å². The Morgan fingerprint density at radius 2 is 1.55 bits per heavy atom. The van der Waals surface area contributed by atoms with Crippen LogP contribution in [0.4, 0.5) is 11.5 Å². The largest absolute Gasteiger partial charge is 0.335 e. The summed E-state index contributed by atoms with van der Waals surface area (Å²) in [6.07, 6.45) is 0. The SMILES string of the molecule is Cc1c(Cl)nc(Nc2ccccc2C#Cc2ccccc2)c(=O)n1Cc1ccccc1. The van der Waals surface area contributed by atoms with Gasteiger partial charge in [0.25, 0.3) is 5.56 Å². The van der Waals surface area contributed by atoms with Crippen molar-refractivity contribution >= 4 is 23.1 Å². The van der Waals surface area contributed by atoms with E-state index in [9.17, 15) is 4.79 Å². The molecule has 0 aliphatic carbocycles. The summed E-state index contributed by atoms with van der Waals surface area (Å²) in [5.41, 5.74) is 3.77. The Hall–Kier alpha value is -3.81. The first kappa shape index (κ1) is 20.5. The second kappa shape index (κ2) is 9.34. The Balaban J connectivity index is 1.69. The average molecular weight is 426 g/mol. The zero-order chi connectivity index (χ0) is 21.6. The number of hydrogen-bond acceptors (Lipinski definition) is 3. The maximum atomic E-state index is 13.2. The third-order valence-corrected chi connectivity index (χ3v) is 5.20. The van der Waals surface area contributed by atoms with Gasteiger partial charge in [-0.1, -0.05) is 84.1 Å². The van der Waals surface area contributed by atoms with Gasteiger partial charge in [0, 0.05) is 11.1 Å². The third-order valence-electron chi connectivity index (χ3n) is 4.84. The predicted octanol–water partition coefficient (Wildman–Crippen LogP) is 5.40. The van der Waals surface area contributed by atoms with Gasteiger partial charge in [0.05, 0.1) is 17.9 Å². The zero-order valence-corrected chi connectivity index (χ0v) is 17.7. The van der Waals surface area contributed by atoms with Crippen molar-refractivity contribution < 1.29 is 0 Å². The summed E-state index contributed by atoms with van der Waals surface area (Å²) in [5, 5.41) is 3.42. The molecular formula is C26H20ClN3O. The lowest BCUT2D eigenvalue weighted by molar-refractivity contribution is 0.721. The summed E-state index contributed by atoms with van der Waals surface area (Å²) in [7, 11) is 0. The highest BCUT2D eigenvalue weighted by Crippen LogP contribution is 2.20. The first-order valence-electron chi connectivity index (χ1n) is 9.86. The molecule has 4 aromatic rings. The highest BCUT2D eigenvalue weighted by Gasteiger charge is 2.14. The van der Waals surface area contributed by atoms with Gasteiger partial charge in [-0.25, -0.2) is 4.98 Å². The Labute approximate surface area is 186 Å². The number of aromatic nitrogens is 2. The number of nitrogens with one attached hydrogen (secondary N) is 1.